The van der Waals surface area contributed by atoms with Gasteiger partial charge in [-0.15, -0.1) is 0 Å². The van der Waals surface area contributed by atoms with Crippen molar-refractivity contribution < 1.29 is 9.59 Å². The van der Waals surface area contributed by atoms with E-state index in [0.29, 0.717) is 21.2 Å². The van der Waals surface area contributed by atoms with Gasteiger partial charge in [0.2, 0.25) is 0 Å². The molecular formula is C26H18Cl2O2S2Sn. The van der Waals surface area contributed by atoms with Gasteiger partial charge in [0.05, 0.1) is 0 Å². The predicted octanol–water partition coefficient (Wildman–Crippen LogP) is 6.70. The Balaban J connectivity index is 1.83. The first-order chi connectivity index (χ1) is 16.0. The molecule has 0 saturated heterocycles. The number of halogens is 2. The molecule has 0 heterocycles. The molecule has 4 aromatic carbocycles. The van der Waals surface area contributed by atoms with Crippen LogP contribution in [0.1, 0.15) is 20.7 Å². The molecule has 4 aromatic rings. The Morgan fingerprint density at radius 3 is 1.18 bits per heavy atom. The summed E-state index contributed by atoms with van der Waals surface area (Å²) in [7, 11) is 2.66. The van der Waals surface area contributed by atoms with Crippen molar-refractivity contribution in [1.29, 1.82) is 0 Å². The number of carbonyl (C=O) groups excluding carboxylic acids is 2. The Hall–Kier alpha value is -1.70. The molecule has 0 atom stereocenters. The maximum absolute atomic E-state index is 13.5. The molecule has 0 aliphatic carbocycles. The topological polar surface area (TPSA) is 34.1 Å². The second kappa shape index (κ2) is 11.1. The Labute approximate surface area is 212 Å². The summed E-state index contributed by atoms with van der Waals surface area (Å²) in [5, 5.41) is 1.02. The van der Waals surface area contributed by atoms with Crippen LogP contribution < -0.4 is 7.16 Å². The van der Waals surface area contributed by atoms with E-state index in [-0.39, 0.29) is 10.2 Å². The van der Waals surface area contributed by atoms with E-state index in [9.17, 15) is 9.59 Å². The third kappa shape index (κ3) is 5.87. The Bertz CT molecular complexity index is 1150. The molecule has 164 valence electrons. The average Bonchev–Trinajstić information content (AvgIpc) is 2.85. The van der Waals surface area contributed by atoms with E-state index in [1.807, 2.05) is 60.7 Å². The molecule has 0 radical (unpaired) electrons. The molecular weight excluding hydrogens is 598 g/mol. The molecule has 0 aliphatic rings. The van der Waals surface area contributed by atoms with E-state index in [1.54, 1.807) is 48.5 Å². The number of rotatable bonds is 6. The molecule has 0 aliphatic heterocycles. The van der Waals surface area contributed by atoms with Crippen LogP contribution in [0.4, 0.5) is 0 Å². The summed E-state index contributed by atoms with van der Waals surface area (Å²) in [4.78, 5) is 27.0. The van der Waals surface area contributed by atoms with Crippen LogP contribution in [0.25, 0.3) is 0 Å². The molecule has 7 heteroatoms. The van der Waals surface area contributed by atoms with Crippen LogP contribution in [0.3, 0.4) is 0 Å². The van der Waals surface area contributed by atoms with Crippen LogP contribution in [0, 0.1) is 0 Å². The van der Waals surface area contributed by atoms with Gasteiger partial charge in [0, 0.05) is 0 Å². The van der Waals surface area contributed by atoms with Gasteiger partial charge >= 0.3 is 214 Å². The Morgan fingerprint density at radius 1 is 0.515 bits per heavy atom. The zero-order chi connectivity index (χ0) is 23.3. The summed E-state index contributed by atoms with van der Waals surface area (Å²) in [5.74, 6) is 0. The molecule has 0 saturated carbocycles. The fourth-order valence-corrected chi connectivity index (χ4v) is 28.1. The molecule has 4 rings (SSSR count). The molecule has 2 nitrogen and oxygen atoms in total. The van der Waals surface area contributed by atoms with Gasteiger partial charge in [0.1, 0.15) is 0 Å². The van der Waals surface area contributed by atoms with Gasteiger partial charge in [-0.25, -0.2) is 0 Å². The van der Waals surface area contributed by atoms with E-state index in [4.69, 9.17) is 23.2 Å². The average molecular weight is 616 g/mol. The number of hydrogen-bond donors (Lipinski definition) is 0. The third-order valence-electron chi connectivity index (χ3n) is 4.94. The molecule has 0 fully saturated rings. The molecule has 0 unspecified atom stereocenters. The van der Waals surface area contributed by atoms with Gasteiger partial charge in [-0.3, -0.25) is 0 Å². The Kier molecular flexibility index (Phi) is 8.25. The summed E-state index contributed by atoms with van der Waals surface area (Å²) in [6.45, 7) is 0. The standard InChI is InChI=1S/2C7H5ClOS.2C6H5.Sn/c2*8-6-3-1-5(2-4-6)7(9)10;2*1-2-4-6-5-3-1;/h2*1-4H,(H,9,10);2*1-5H;/q;;;;+2/p-2. The van der Waals surface area contributed by atoms with E-state index in [1.165, 1.54) is 17.9 Å². The van der Waals surface area contributed by atoms with Crippen LogP contribution in [0.15, 0.2) is 109 Å². The summed E-state index contributed by atoms with van der Waals surface area (Å²) >= 11 is 8.03. The number of hydrogen-bond acceptors (Lipinski definition) is 4. The molecule has 0 spiro atoms. The van der Waals surface area contributed by atoms with Crippen molar-refractivity contribution in [1.82, 2.24) is 0 Å². The fraction of sp³-hybridized carbons (Fsp3) is 0. The molecule has 0 bridgehead atoms. The van der Waals surface area contributed by atoms with Crippen molar-refractivity contribution in [3.05, 3.63) is 130 Å². The first kappa shape index (κ1) is 24.4. The van der Waals surface area contributed by atoms with Crippen molar-refractivity contribution >= 4 is 74.1 Å². The van der Waals surface area contributed by atoms with Crippen LogP contribution in [0.5, 0.6) is 0 Å². The molecule has 0 amide bonds. The first-order valence-electron chi connectivity index (χ1n) is 10.1. The zero-order valence-electron chi connectivity index (χ0n) is 17.3. The summed E-state index contributed by atoms with van der Waals surface area (Å²) < 4.78 is 2.11. The molecule has 0 aromatic heterocycles. The molecule has 0 N–H and O–H groups in total. The minimum absolute atomic E-state index is 0.0634. The summed E-state index contributed by atoms with van der Waals surface area (Å²) in [6, 6.07) is 33.7. The van der Waals surface area contributed by atoms with Crippen molar-refractivity contribution in [2.45, 2.75) is 0 Å². The van der Waals surface area contributed by atoms with Crippen LogP contribution in [-0.4, -0.2) is 25.8 Å². The SMILES string of the molecule is O=C([S][Sn]([S]C(=O)c1ccc(Cl)cc1)([c]1ccccc1)[c]1ccccc1)c1ccc(Cl)cc1. The van der Waals surface area contributed by atoms with Gasteiger partial charge < -0.3 is 0 Å². The minimum atomic E-state index is -4.02. The summed E-state index contributed by atoms with van der Waals surface area (Å²) in [5.41, 5.74) is 1.13. The Morgan fingerprint density at radius 2 is 0.848 bits per heavy atom. The first-order valence-corrected chi connectivity index (χ1v) is 22.3. The van der Waals surface area contributed by atoms with Crippen molar-refractivity contribution in [3.63, 3.8) is 0 Å². The van der Waals surface area contributed by atoms with Gasteiger partial charge in [-0.1, -0.05) is 0 Å². The molecule has 33 heavy (non-hydrogen) atoms. The van der Waals surface area contributed by atoms with Gasteiger partial charge in [0.25, 0.3) is 0 Å². The predicted molar refractivity (Wildman–Crippen MR) is 145 cm³/mol. The van der Waals surface area contributed by atoms with E-state index < -0.39 is 15.6 Å². The maximum atomic E-state index is 13.5. The van der Waals surface area contributed by atoms with Crippen molar-refractivity contribution in [2.24, 2.45) is 0 Å². The van der Waals surface area contributed by atoms with E-state index in [2.05, 4.69) is 0 Å². The summed E-state index contributed by atoms with van der Waals surface area (Å²) in [6.07, 6.45) is 0. The normalized spacial score (nSPS) is 11.2. The van der Waals surface area contributed by atoms with Crippen LogP contribution in [-0.2, 0) is 0 Å². The van der Waals surface area contributed by atoms with Gasteiger partial charge in [0.15, 0.2) is 0 Å². The van der Waals surface area contributed by atoms with Crippen LogP contribution >= 0.6 is 41.1 Å². The number of carbonyl (C=O) groups is 2. The van der Waals surface area contributed by atoms with E-state index >= 15 is 0 Å². The number of benzene rings is 4. The quantitative estimate of drug-likeness (QED) is 0.226. The van der Waals surface area contributed by atoms with E-state index in [0.717, 1.165) is 7.16 Å². The van der Waals surface area contributed by atoms with Crippen molar-refractivity contribution in [3.8, 4) is 0 Å². The second-order valence-electron chi connectivity index (χ2n) is 7.14. The van der Waals surface area contributed by atoms with Gasteiger partial charge in [-0.05, 0) is 0 Å². The monoisotopic (exact) mass is 616 g/mol. The fourth-order valence-electron chi connectivity index (χ4n) is 3.29. The van der Waals surface area contributed by atoms with Crippen molar-refractivity contribution in [2.75, 3.05) is 0 Å². The zero-order valence-corrected chi connectivity index (χ0v) is 23.3. The third-order valence-corrected chi connectivity index (χ3v) is 30.9. The van der Waals surface area contributed by atoms with Crippen LogP contribution in [0.2, 0.25) is 10.0 Å². The van der Waals surface area contributed by atoms with Gasteiger partial charge in [-0.2, -0.15) is 0 Å². The second-order valence-corrected chi connectivity index (χ2v) is 29.4.